The van der Waals surface area contributed by atoms with Crippen molar-refractivity contribution < 1.29 is 4.39 Å². The summed E-state index contributed by atoms with van der Waals surface area (Å²) in [5.74, 6) is 0.667. The van der Waals surface area contributed by atoms with E-state index in [2.05, 4.69) is 13.8 Å². The molecule has 0 aliphatic carbocycles. The molecule has 0 amide bonds. The van der Waals surface area contributed by atoms with E-state index < -0.39 is 5.67 Å². The van der Waals surface area contributed by atoms with Crippen LogP contribution in [0.3, 0.4) is 0 Å². The zero-order valence-corrected chi connectivity index (χ0v) is 10.2. The second-order valence-corrected chi connectivity index (χ2v) is 5.06. The van der Waals surface area contributed by atoms with Crippen LogP contribution in [0, 0.1) is 5.92 Å². The van der Waals surface area contributed by atoms with Crippen molar-refractivity contribution in [1.82, 2.24) is 0 Å². The number of hydrogen-bond donors (Lipinski definition) is 0. The fraction of sp³-hybridized carbons (Fsp3) is 0.571. The smallest absolute Gasteiger partial charge is 0.130 e. The first-order valence-corrected chi connectivity index (χ1v) is 5.68. The molecule has 84 valence electrons. The van der Waals surface area contributed by atoms with Crippen molar-refractivity contribution in [2.45, 2.75) is 46.2 Å². The number of aryl methyl sites for hydroxylation is 1. The minimum Gasteiger partial charge on any atom is -0.239 e. The Kier molecular flexibility index (Phi) is 3.90. The lowest BCUT2D eigenvalue weighted by atomic mass is 9.91. The Hall–Kier alpha value is -0.850. The van der Waals surface area contributed by atoms with Gasteiger partial charge in [-0.15, -0.1) is 0 Å². The maximum Gasteiger partial charge on any atom is 0.130 e. The van der Waals surface area contributed by atoms with Gasteiger partial charge in [-0.2, -0.15) is 0 Å². The van der Waals surface area contributed by atoms with Gasteiger partial charge >= 0.3 is 0 Å². The van der Waals surface area contributed by atoms with Crippen molar-refractivity contribution in [2.75, 3.05) is 0 Å². The first-order chi connectivity index (χ1) is 6.91. The molecule has 0 unspecified atom stereocenters. The summed E-state index contributed by atoms with van der Waals surface area (Å²) >= 11 is 0. The first kappa shape index (κ1) is 12.2. The van der Waals surface area contributed by atoms with Crippen molar-refractivity contribution in [3.63, 3.8) is 0 Å². The summed E-state index contributed by atoms with van der Waals surface area (Å²) in [6, 6.07) is 7.84. The van der Waals surface area contributed by atoms with E-state index in [1.165, 1.54) is 0 Å². The Bertz CT molecular complexity index is 307. The Morgan fingerprint density at radius 3 is 2.33 bits per heavy atom. The molecule has 1 aromatic carbocycles. The molecule has 0 N–H and O–H groups in total. The summed E-state index contributed by atoms with van der Waals surface area (Å²) < 4.78 is 13.9. The van der Waals surface area contributed by atoms with Crippen LogP contribution in [0.5, 0.6) is 0 Å². The molecule has 0 bridgehead atoms. The van der Waals surface area contributed by atoms with Crippen LogP contribution in [0.25, 0.3) is 0 Å². The van der Waals surface area contributed by atoms with Gasteiger partial charge in [0.25, 0.3) is 0 Å². The van der Waals surface area contributed by atoms with Gasteiger partial charge in [-0.05, 0) is 43.7 Å². The van der Waals surface area contributed by atoms with Crippen molar-refractivity contribution >= 4 is 0 Å². The van der Waals surface area contributed by atoms with Gasteiger partial charge in [0.15, 0.2) is 0 Å². The van der Waals surface area contributed by atoms with Gasteiger partial charge in [-0.25, -0.2) is 4.39 Å². The third kappa shape index (κ3) is 3.65. The normalized spacial score (nSPS) is 12.1. The minimum absolute atomic E-state index is 0.667. The molecule has 0 spiro atoms. The van der Waals surface area contributed by atoms with Crippen molar-refractivity contribution in [3.8, 4) is 0 Å². The molecule has 0 heterocycles. The van der Waals surface area contributed by atoms with Gasteiger partial charge < -0.3 is 0 Å². The summed E-state index contributed by atoms with van der Waals surface area (Å²) in [7, 11) is 0. The second kappa shape index (κ2) is 4.78. The molecule has 0 aromatic heterocycles. The highest BCUT2D eigenvalue weighted by Crippen LogP contribution is 2.28. The fourth-order valence-electron chi connectivity index (χ4n) is 1.76. The number of benzene rings is 1. The van der Waals surface area contributed by atoms with E-state index in [4.69, 9.17) is 0 Å². The molecule has 0 saturated carbocycles. The van der Waals surface area contributed by atoms with Crippen molar-refractivity contribution in [2.24, 2.45) is 5.92 Å². The molecule has 1 heteroatoms. The van der Waals surface area contributed by atoms with Crippen molar-refractivity contribution in [3.05, 3.63) is 35.4 Å². The third-order valence-corrected chi connectivity index (χ3v) is 2.65. The highest BCUT2D eigenvalue weighted by atomic mass is 19.1. The zero-order chi connectivity index (χ0) is 11.5. The topological polar surface area (TPSA) is 0 Å². The maximum absolute atomic E-state index is 13.9. The van der Waals surface area contributed by atoms with E-state index in [9.17, 15) is 4.39 Å². The van der Waals surface area contributed by atoms with Crippen LogP contribution < -0.4 is 0 Å². The lowest BCUT2D eigenvalue weighted by molar-refractivity contribution is 0.219. The summed E-state index contributed by atoms with van der Waals surface area (Å²) in [5, 5.41) is 0. The van der Waals surface area contributed by atoms with Gasteiger partial charge in [-0.1, -0.05) is 38.1 Å². The summed E-state index contributed by atoms with van der Waals surface area (Å²) in [6.07, 6.45) is 2.09. The molecule has 0 saturated heterocycles. The van der Waals surface area contributed by atoms with Crippen LogP contribution >= 0.6 is 0 Å². The zero-order valence-electron chi connectivity index (χ0n) is 10.2. The lowest BCUT2D eigenvalue weighted by Gasteiger charge is -2.19. The Labute approximate surface area is 92.5 Å². The van der Waals surface area contributed by atoms with Crippen LogP contribution in [0.1, 0.15) is 45.2 Å². The Balaban J connectivity index is 2.87. The molecule has 1 aromatic rings. The van der Waals surface area contributed by atoms with Crippen LogP contribution in [0.2, 0.25) is 0 Å². The van der Waals surface area contributed by atoms with E-state index in [0.717, 1.165) is 24.0 Å². The number of halogens is 1. The van der Waals surface area contributed by atoms with Crippen LogP contribution in [0.4, 0.5) is 4.39 Å². The second-order valence-electron chi connectivity index (χ2n) is 5.06. The standard InChI is InChI=1S/C14H21F/c1-11(2)9-10-12-7-5-6-8-13(12)14(3,4)15/h5-8,11H,9-10H2,1-4H3. The van der Waals surface area contributed by atoms with Crippen LogP contribution in [0.15, 0.2) is 24.3 Å². The van der Waals surface area contributed by atoms with Gasteiger partial charge in [-0.3, -0.25) is 0 Å². The van der Waals surface area contributed by atoms with Crippen molar-refractivity contribution in [1.29, 1.82) is 0 Å². The average Bonchev–Trinajstić information content (AvgIpc) is 2.13. The van der Waals surface area contributed by atoms with E-state index in [0.29, 0.717) is 5.92 Å². The molecule has 1 rings (SSSR count). The summed E-state index contributed by atoms with van der Waals surface area (Å²) in [4.78, 5) is 0. The maximum atomic E-state index is 13.9. The van der Waals surface area contributed by atoms with Gasteiger partial charge in [0, 0.05) is 0 Å². The van der Waals surface area contributed by atoms with Gasteiger partial charge in [0.05, 0.1) is 0 Å². The molecular formula is C14H21F. The molecule has 0 fully saturated rings. The third-order valence-electron chi connectivity index (χ3n) is 2.65. The number of rotatable bonds is 4. The Morgan fingerprint density at radius 1 is 1.20 bits per heavy atom. The van der Waals surface area contributed by atoms with E-state index in [1.807, 2.05) is 24.3 Å². The minimum atomic E-state index is -1.23. The SMILES string of the molecule is CC(C)CCc1ccccc1C(C)(C)F. The Morgan fingerprint density at radius 2 is 1.80 bits per heavy atom. The lowest BCUT2D eigenvalue weighted by Crippen LogP contribution is -2.12. The molecule has 0 nitrogen and oxygen atoms in total. The van der Waals surface area contributed by atoms with Gasteiger partial charge in [0.1, 0.15) is 5.67 Å². The van der Waals surface area contributed by atoms with Crippen LogP contribution in [-0.2, 0) is 12.1 Å². The average molecular weight is 208 g/mol. The first-order valence-electron chi connectivity index (χ1n) is 5.68. The monoisotopic (exact) mass is 208 g/mol. The van der Waals surface area contributed by atoms with E-state index >= 15 is 0 Å². The molecule has 0 aliphatic heterocycles. The van der Waals surface area contributed by atoms with Crippen LogP contribution in [-0.4, -0.2) is 0 Å². The molecular weight excluding hydrogens is 187 g/mol. The predicted octanol–water partition coefficient (Wildman–Crippen LogP) is 4.48. The fourth-order valence-corrected chi connectivity index (χ4v) is 1.76. The van der Waals surface area contributed by atoms with E-state index in [1.54, 1.807) is 13.8 Å². The molecule has 0 aliphatic rings. The molecule has 15 heavy (non-hydrogen) atoms. The number of hydrogen-bond acceptors (Lipinski definition) is 0. The quantitative estimate of drug-likeness (QED) is 0.684. The predicted molar refractivity (Wildman–Crippen MR) is 63.7 cm³/mol. The van der Waals surface area contributed by atoms with Gasteiger partial charge in [0.2, 0.25) is 0 Å². The number of alkyl halides is 1. The highest BCUT2D eigenvalue weighted by Gasteiger charge is 2.21. The highest BCUT2D eigenvalue weighted by molar-refractivity contribution is 5.31. The van der Waals surface area contributed by atoms with E-state index in [-0.39, 0.29) is 0 Å². The summed E-state index contributed by atoms with van der Waals surface area (Å²) in [5.41, 5.74) is 0.762. The summed E-state index contributed by atoms with van der Waals surface area (Å²) in [6.45, 7) is 7.65. The largest absolute Gasteiger partial charge is 0.239 e. The molecule has 0 atom stereocenters. The molecule has 0 radical (unpaired) electrons.